The number of hydrogen-bond donors (Lipinski definition) is 0. The van der Waals surface area contributed by atoms with Crippen molar-refractivity contribution >= 4 is 19.7 Å². The van der Waals surface area contributed by atoms with Crippen molar-refractivity contribution < 1.29 is 13.2 Å². The summed E-state index contributed by atoms with van der Waals surface area (Å²) >= 11 is 0. The number of unbranched alkanes of at least 4 members (excludes halogenated alkanes) is 1. The van der Waals surface area contributed by atoms with Gasteiger partial charge in [-0.3, -0.25) is 4.68 Å². The van der Waals surface area contributed by atoms with Gasteiger partial charge in [0.05, 0.1) is 18.5 Å². The first-order chi connectivity index (χ1) is 8.91. The Morgan fingerprint density at radius 1 is 1.47 bits per heavy atom. The number of nitrogens with zero attached hydrogens (tertiary/aromatic N) is 2. The van der Waals surface area contributed by atoms with Gasteiger partial charge >= 0.3 is 0 Å². The molecule has 0 saturated heterocycles. The Bertz CT molecular complexity index is 499. The van der Waals surface area contributed by atoms with Gasteiger partial charge in [-0.15, -0.1) is 0 Å². The Hall–Kier alpha value is -0.590. The van der Waals surface area contributed by atoms with Crippen LogP contribution in [0, 0.1) is 0 Å². The molecule has 7 heteroatoms. The smallest absolute Gasteiger partial charge is 0.264 e. The number of aromatic nitrogens is 2. The van der Waals surface area contributed by atoms with E-state index in [-0.39, 0.29) is 17.5 Å². The lowest BCUT2D eigenvalue weighted by Gasteiger charge is -2.14. The van der Waals surface area contributed by atoms with Crippen molar-refractivity contribution in [3.8, 4) is 0 Å². The second-order valence-electron chi connectivity index (χ2n) is 4.50. The maximum absolute atomic E-state index is 11.5. The monoisotopic (exact) mass is 308 g/mol. The Balaban J connectivity index is 2.98. The fourth-order valence-electron chi connectivity index (χ4n) is 1.68. The molecule has 0 bridgehead atoms. The molecule has 0 saturated carbocycles. The van der Waals surface area contributed by atoms with Crippen molar-refractivity contribution in [2.24, 2.45) is 0 Å². The summed E-state index contributed by atoms with van der Waals surface area (Å²) in [6.45, 7) is 6.88. The Kier molecular flexibility index (Phi) is 6.29. The van der Waals surface area contributed by atoms with Crippen LogP contribution < -0.4 is 0 Å². The van der Waals surface area contributed by atoms with Crippen LogP contribution in [0.4, 0.5) is 0 Å². The van der Waals surface area contributed by atoms with Crippen LogP contribution in [0.2, 0.25) is 0 Å². The van der Waals surface area contributed by atoms with E-state index < -0.39 is 9.05 Å². The molecular formula is C12H21ClN2O3S. The van der Waals surface area contributed by atoms with Gasteiger partial charge in [-0.1, -0.05) is 20.3 Å². The van der Waals surface area contributed by atoms with Gasteiger partial charge in [-0.25, -0.2) is 8.42 Å². The van der Waals surface area contributed by atoms with Gasteiger partial charge in [0.2, 0.25) is 0 Å². The maximum atomic E-state index is 11.5. The minimum Gasteiger partial charge on any atom is -0.375 e. The Morgan fingerprint density at radius 2 is 2.16 bits per heavy atom. The van der Waals surface area contributed by atoms with E-state index in [0.717, 1.165) is 19.3 Å². The molecule has 0 radical (unpaired) electrons. The normalized spacial score (nSPS) is 13.7. The summed E-state index contributed by atoms with van der Waals surface area (Å²) in [6.07, 6.45) is 4.13. The molecule has 0 N–H and O–H groups in total. The molecule has 1 atom stereocenters. The third-order valence-corrected chi connectivity index (χ3v) is 4.38. The van der Waals surface area contributed by atoms with Crippen LogP contribution in [0.3, 0.4) is 0 Å². The molecule has 1 aromatic heterocycles. The maximum Gasteiger partial charge on any atom is 0.264 e. The van der Waals surface area contributed by atoms with Crippen molar-refractivity contribution in [1.82, 2.24) is 9.78 Å². The fraction of sp³-hybridized carbons (Fsp3) is 0.750. The molecule has 0 aliphatic carbocycles. The van der Waals surface area contributed by atoms with E-state index in [1.807, 2.05) is 13.8 Å². The van der Waals surface area contributed by atoms with E-state index in [1.54, 1.807) is 4.68 Å². The minimum absolute atomic E-state index is 0.0472. The number of ether oxygens (including phenoxy) is 1. The average molecular weight is 309 g/mol. The number of rotatable bonds is 8. The van der Waals surface area contributed by atoms with E-state index >= 15 is 0 Å². The molecular weight excluding hydrogens is 288 g/mol. The summed E-state index contributed by atoms with van der Waals surface area (Å²) in [7, 11) is 1.64. The predicted octanol–water partition coefficient (Wildman–Crippen LogP) is 3.10. The molecule has 19 heavy (non-hydrogen) atoms. The van der Waals surface area contributed by atoms with E-state index in [1.165, 1.54) is 6.20 Å². The minimum atomic E-state index is -3.79. The van der Waals surface area contributed by atoms with Gasteiger partial charge in [0.15, 0.2) is 0 Å². The molecule has 1 heterocycles. The topological polar surface area (TPSA) is 61.2 Å². The quantitative estimate of drug-likeness (QED) is 0.547. The predicted molar refractivity (Wildman–Crippen MR) is 74.8 cm³/mol. The SMILES string of the molecule is CCCCOCc1c(S(=O)(=O)Cl)cnn1[C@H](C)CC. The van der Waals surface area contributed by atoms with Crippen LogP contribution in [-0.2, 0) is 20.4 Å². The van der Waals surface area contributed by atoms with Gasteiger partial charge in [0.1, 0.15) is 4.90 Å². The molecule has 0 aliphatic heterocycles. The Morgan fingerprint density at radius 3 is 2.68 bits per heavy atom. The summed E-state index contributed by atoms with van der Waals surface area (Å²) in [4.78, 5) is 0.0472. The zero-order valence-corrected chi connectivity index (χ0v) is 13.2. The first-order valence-corrected chi connectivity index (χ1v) is 8.81. The van der Waals surface area contributed by atoms with Crippen LogP contribution in [-0.4, -0.2) is 24.8 Å². The fourth-order valence-corrected chi connectivity index (χ4v) is 2.67. The van der Waals surface area contributed by atoms with E-state index in [9.17, 15) is 8.42 Å². The van der Waals surface area contributed by atoms with Crippen molar-refractivity contribution in [3.63, 3.8) is 0 Å². The molecule has 0 aliphatic rings. The van der Waals surface area contributed by atoms with E-state index in [2.05, 4.69) is 12.0 Å². The molecule has 0 amide bonds. The largest absolute Gasteiger partial charge is 0.375 e. The second-order valence-corrected chi connectivity index (χ2v) is 7.04. The summed E-state index contributed by atoms with van der Waals surface area (Å²) in [5, 5.41) is 4.13. The first-order valence-electron chi connectivity index (χ1n) is 6.50. The van der Waals surface area contributed by atoms with Crippen molar-refractivity contribution in [2.75, 3.05) is 6.61 Å². The van der Waals surface area contributed by atoms with Crippen LogP contribution in [0.15, 0.2) is 11.1 Å². The van der Waals surface area contributed by atoms with Crippen molar-refractivity contribution in [1.29, 1.82) is 0 Å². The molecule has 0 spiro atoms. The highest BCUT2D eigenvalue weighted by molar-refractivity contribution is 8.13. The third-order valence-electron chi connectivity index (χ3n) is 3.01. The molecule has 0 unspecified atom stereocenters. The lowest BCUT2D eigenvalue weighted by Crippen LogP contribution is -2.12. The van der Waals surface area contributed by atoms with Crippen molar-refractivity contribution in [2.45, 2.75) is 57.6 Å². The molecule has 110 valence electrons. The van der Waals surface area contributed by atoms with E-state index in [0.29, 0.717) is 12.3 Å². The third kappa shape index (κ3) is 4.47. The van der Waals surface area contributed by atoms with Crippen molar-refractivity contribution in [3.05, 3.63) is 11.9 Å². The standard InChI is InChI=1S/C12H21ClN2O3S/c1-4-6-7-18-9-11-12(19(13,16)17)8-14-15(11)10(3)5-2/h8,10H,4-7,9H2,1-3H3/t10-/m1/s1. The van der Waals surface area contributed by atoms with Crippen LogP contribution in [0.1, 0.15) is 51.8 Å². The van der Waals surface area contributed by atoms with Gasteiger partial charge < -0.3 is 4.74 Å². The number of halogens is 1. The molecule has 5 nitrogen and oxygen atoms in total. The molecule has 0 fully saturated rings. The zero-order valence-electron chi connectivity index (χ0n) is 11.6. The lowest BCUT2D eigenvalue weighted by atomic mass is 10.2. The van der Waals surface area contributed by atoms with Crippen LogP contribution in [0.5, 0.6) is 0 Å². The average Bonchev–Trinajstić information content (AvgIpc) is 2.77. The number of hydrogen-bond acceptors (Lipinski definition) is 4. The summed E-state index contributed by atoms with van der Waals surface area (Å²) in [5.41, 5.74) is 0.528. The van der Waals surface area contributed by atoms with Gasteiger partial charge in [-0.05, 0) is 19.8 Å². The van der Waals surface area contributed by atoms with Gasteiger partial charge in [0, 0.05) is 23.3 Å². The van der Waals surface area contributed by atoms with E-state index in [4.69, 9.17) is 15.4 Å². The van der Waals surface area contributed by atoms with Gasteiger partial charge in [-0.2, -0.15) is 5.10 Å². The van der Waals surface area contributed by atoms with Gasteiger partial charge in [0.25, 0.3) is 9.05 Å². The molecule has 1 rings (SSSR count). The lowest BCUT2D eigenvalue weighted by molar-refractivity contribution is 0.109. The molecule has 1 aromatic rings. The summed E-state index contributed by atoms with van der Waals surface area (Å²) in [5.74, 6) is 0. The zero-order chi connectivity index (χ0) is 14.5. The van der Waals surface area contributed by atoms with Crippen LogP contribution in [0.25, 0.3) is 0 Å². The molecule has 0 aromatic carbocycles. The second kappa shape index (κ2) is 7.26. The first kappa shape index (κ1) is 16.5. The summed E-state index contributed by atoms with van der Waals surface area (Å²) in [6, 6.07) is 0.108. The van der Waals surface area contributed by atoms with Crippen LogP contribution >= 0.6 is 10.7 Å². The Labute approximate surface area is 119 Å². The highest BCUT2D eigenvalue weighted by atomic mass is 35.7. The summed E-state index contributed by atoms with van der Waals surface area (Å²) < 4.78 is 30.2. The highest BCUT2D eigenvalue weighted by Gasteiger charge is 2.22. The highest BCUT2D eigenvalue weighted by Crippen LogP contribution is 2.24.